The number of para-hydroxylation sites is 1. The van der Waals surface area contributed by atoms with Crippen LogP contribution >= 0.6 is 0 Å². The number of amides is 1. The zero-order valence-electron chi connectivity index (χ0n) is 14.7. The van der Waals surface area contributed by atoms with Gasteiger partial charge in [0.15, 0.2) is 0 Å². The first-order valence-electron chi connectivity index (χ1n) is 8.81. The van der Waals surface area contributed by atoms with Gasteiger partial charge in [-0.1, -0.05) is 60.7 Å². The van der Waals surface area contributed by atoms with Crippen LogP contribution in [0.2, 0.25) is 0 Å². The fourth-order valence-electron chi connectivity index (χ4n) is 3.04. The minimum Gasteiger partial charge on any atom is -0.348 e. The second kappa shape index (κ2) is 7.70. The maximum Gasteiger partial charge on any atom is 0.251 e. The van der Waals surface area contributed by atoms with Crippen LogP contribution in [-0.2, 0) is 6.54 Å². The Morgan fingerprint density at radius 2 is 1.56 bits per heavy atom. The van der Waals surface area contributed by atoms with Gasteiger partial charge in [-0.15, -0.1) is 0 Å². The highest BCUT2D eigenvalue weighted by Gasteiger charge is 2.08. The van der Waals surface area contributed by atoms with Crippen molar-refractivity contribution in [2.45, 2.75) is 6.54 Å². The van der Waals surface area contributed by atoms with Gasteiger partial charge in [-0.3, -0.25) is 4.79 Å². The summed E-state index contributed by atoms with van der Waals surface area (Å²) in [4.78, 5) is 16.6. The molecule has 0 spiro atoms. The number of benzene rings is 3. The number of rotatable bonds is 5. The summed E-state index contributed by atoms with van der Waals surface area (Å²) < 4.78 is 1.94. The minimum atomic E-state index is -0.0879. The standard InChI is InChI=1S/C23H19N3O/c27-23(20-12-10-19(11-13-20)18-6-2-1-3-7-18)25-16-21-8-4-5-9-22(21)26-15-14-24-17-26/h1-15,17H,16H2,(H,25,27). The zero-order chi connectivity index (χ0) is 18.5. The number of carbonyl (C=O) groups is 1. The van der Waals surface area contributed by atoms with E-state index in [1.165, 1.54) is 0 Å². The fraction of sp³-hybridized carbons (Fsp3) is 0.0435. The molecule has 4 aromatic rings. The molecular formula is C23H19N3O. The monoisotopic (exact) mass is 353 g/mol. The van der Waals surface area contributed by atoms with E-state index in [0.29, 0.717) is 12.1 Å². The second-order valence-electron chi connectivity index (χ2n) is 6.22. The number of aromatic nitrogens is 2. The average molecular weight is 353 g/mol. The Morgan fingerprint density at radius 1 is 0.852 bits per heavy atom. The molecule has 0 unspecified atom stereocenters. The van der Waals surface area contributed by atoms with Gasteiger partial charge in [-0.05, 0) is 34.9 Å². The smallest absolute Gasteiger partial charge is 0.251 e. The highest BCUT2D eigenvalue weighted by molar-refractivity contribution is 5.94. The van der Waals surface area contributed by atoms with Crippen molar-refractivity contribution in [2.75, 3.05) is 0 Å². The van der Waals surface area contributed by atoms with Crippen LogP contribution in [0.25, 0.3) is 16.8 Å². The van der Waals surface area contributed by atoms with E-state index in [1.807, 2.05) is 77.5 Å². The van der Waals surface area contributed by atoms with Crippen LogP contribution in [0, 0.1) is 0 Å². The Balaban J connectivity index is 1.46. The van der Waals surface area contributed by atoms with Gasteiger partial charge in [-0.2, -0.15) is 0 Å². The normalized spacial score (nSPS) is 10.5. The van der Waals surface area contributed by atoms with E-state index >= 15 is 0 Å². The van der Waals surface area contributed by atoms with Crippen molar-refractivity contribution in [3.8, 4) is 16.8 Å². The van der Waals surface area contributed by atoms with Gasteiger partial charge in [0.2, 0.25) is 0 Å². The molecule has 0 aliphatic rings. The van der Waals surface area contributed by atoms with Gasteiger partial charge in [0.05, 0.1) is 12.0 Å². The summed E-state index contributed by atoms with van der Waals surface area (Å²) in [6.45, 7) is 0.452. The van der Waals surface area contributed by atoms with Crippen LogP contribution in [0.5, 0.6) is 0 Å². The molecule has 1 amide bonds. The first-order valence-corrected chi connectivity index (χ1v) is 8.81. The predicted molar refractivity (Wildman–Crippen MR) is 107 cm³/mol. The third-order valence-electron chi connectivity index (χ3n) is 4.47. The Labute approximate surface area is 158 Å². The number of imidazole rings is 1. The average Bonchev–Trinajstić information content (AvgIpc) is 3.28. The predicted octanol–water partition coefficient (Wildman–Crippen LogP) is 4.47. The number of nitrogens with zero attached hydrogens (tertiary/aromatic N) is 2. The SMILES string of the molecule is O=C(NCc1ccccc1-n1ccnc1)c1ccc(-c2ccccc2)cc1. The lowest BCUT2D eigenvalue weighted by Gasteiger charge is -2.11. The van der Waals surface area contributed by atoms with Crippen LogP contribution in [0.4, 0.5) is 0 Å². The number of nitrogens with one attached hydrogen (secondary N) is 1. The maximum atomic E-state index is 12.5. The van der Waals surface area contributed by atoms with Gasteiger partial charge in [-0.25, -0.2) is 4.98 Å². The summed E-state index contributed by atoms with van der Waals surface area (Å²) in [6.07, 6.45) is 5.38. The molecule has 0 radical (unpaired) electrons. The topological polar surface area (TPSA) is 46.9 Å². The van der Waals surface area contributed by atoms with Crippen molar-refractivity contribution in [3.05, 3.63) is 109 Å². The molecule has 0 bridgehead atoms. The number of hydrogen-bond donors (Lipinski definition) is 1. The van der Waals surface area contributed by atoms with Crippen LogP contribution in [-0.4, -0.2) is 15.5 Å². The summed E-state index contributed by atoms with van der Waals surface area (Å²) in [7, 11) is 0. The van der Waals surface area contributed by atoms with Crippen molar-refractivity contribution >= 4 is 5.91 Å². The molecule has 132 valence electrons. The third kappa shape index (κ3) is 3.80. The molecule has 0 atom stereocenters. The van der Waals surface area contributed by atoms with Crippen molar-refractivity contribution in [1.29, 1.82) is 0 Å². The van der Waals surface area contributed by atoms with Gasteiger partial charge < -0.3 is 9.88 Å². The van der Waals surface area contributed by atoms with Gasteiger partial charge in [0, 0.05) is 24.5 Å². The van der Waals surface area contributed by atoms with Gasteiger partial charge in [0.25, 0.3) is 5.91 Å². The van der Waals surface area contributed by atoms with E-state index in [2.05, 4.69) is 22.4 Å². The second-order valence-corrected chi connectivity index (χ2v) is 6.22. The van der Waals surface area contributed by atoms with Crippen molar-refractivity contribution in [3.63, 3.8) is 0 Å². The molecule has 1 heterocycles. The van der Waals surface area contributed by atoms with Crippen LogP contribution in [0.3, 0.4) is 0 Å². The Bertz CT molecular complexity index is 1020. The zero-order valence-corrected chi connectivity index (χ0v) is 14.7. The van der Waals surface area contributed by atoms with Crippen molar-refractivity contribution in [1.82, 2.24) is 14.9 Å². The third-order valence-corrected chi connectivity index (χ3v) is 4.47. The molecule has 4 heteroatoms. The van der Waals surface area contributed by atoms with Gasteiger partial charge >= 0.3 is 0 Å². The molecular weight excluding hydrogens is 334 g/mol. The first kappa shape index (κ1) is 16.8. The van der Waals surface area contributed by atoms with E-state index in [1.54, 1.807) is 12.5 Å². The molecule has 1 N–H and O–H groups in total. The lowest BCUT2D eigenvalue weighted by Crippen LogP contribution is -2.23. The van der Waals surface area contributed by atoms with E-state index < -0.39 is 0 Å². The molecule has 4 nitrogen and oxygen atoms in total. The van der Waals surface area contributed by atoms with E-state index in [0.717, 1.165) is 22.4 Å². The molecule has 0 fully saturated rings. The summed E-state index contributed by atoms with van der Waals surface area (Å²) in [5.41, 5.74) is 4.92. The maximum absolute atomic E-state index is 12.5. The first-order chi connectivity index (χ1) is 13.3. The van der Waals surface area contributed by atoms with Gasteiger partial charge in [0.1, 0.15) is 0 Å². The number of carbonyl (C=O) groups excluding carboxylic acids is 1. The Morgan fingerprint density at radius 3 is 2.30 bits per heavy atom. The summed E-state index contributed by atoms with van der Waals surface area (Å²) in [5, 5.41) is 3.00. The lowest BCUT2D eigenvalue weighted by atomic mass is 10.0. The molecule has 3 aromatic carbocycles. The highest BCUT2D eigenvalue weighted by atomic mass is 16.1. The minimum absolute atomic E-state index is 0.0879. The van der Waals surface area contributed by atoms with Crippen LogP contribution in [0.1, 0.15) is 15.9 Å². The molecule has 0 saturated heterocycles. The lowest BCUT2D eigenvalue weighted by molar-refractivity contribution is 0.0951. The van der Waals surface area contributed by atoms with Crippen LogP contribution in [0.15, 0.2) is 97.6 Å². The summed E-state index contributed by atoms with van der Waals surface area (Å²) >= 11 is 0. The Hall–Kier alpha value is -3.66. The molecule has 4 rings (SSSR count). The Kier molecular flexibility index (Phi) is 4.79. The highest BCUT2D eigenvalue weighted by Crippen LogP contribution is 2.19. The summed E-state index contributed by atoms with van der Waals surface area (Å²) in [5.74, 6) is -0.0879. The van der Waals surface area contributed by atoms with E-state index in [-0.39, 0.29) is 5.91 Å². The number of hydrogen-bond acceptors (Lipinski definition) is 2. The quantitative estimate of drug-likeness (QED) is 0.575. The van der Waals surface area contributed by atoms with E-state index in [4.69, 9.17) is 0 Å². The molecule has 27 heavy (non-hydrogen) atoms. The van der Waals surface area contributed by atoms with Crippen molar-refractivity contribution in [2.24, 2.45) is 0 Å². The van der Waals surface area contributed by atoms with Crippen LogP contribution < -0.4 is 5.32 Å². The summed E-state index contributed by atoms with van der Waals surface area (Å²) in [6, 6.07) is 25.8. The fourth-order valence-corrected chi connectivity index (χ4v) is 3.04. The molecule has 1 aromatic heterocycles. The largest absolute Gasteiger partial charge is 0.348 e. The van der Waals surface area contributed by atoms with E-state index in [9.17, 15) is 4.79 Å². The molecule has 0 aliphatic heterocycles. The molecule has 0 aliphatic carbocycles. The molecule has 0 saturated carbocycles. The van der Waals surface area contributed by atoms with Crippen molar-refractivity contribution < 1.29 is 4.79 Å².